The van der Waals surface area contributed by atoms with Crippen LogP contribution >= 0.6 is 11.6 Å². The van der Waals surface area contributed by atoms with E-state index in [1.165, 1.54) is 5.69 Å². The maximum atomic E-state index is 6.09. The molecule has 0 amide bonds. The number of hydrogen-bond acceptors (Lipinski definition) is 2. The van der Waals surface area contributed by atoms with E-state index in [0.29, 0.717) is 17.8 Å². The molecule has 0 radical (unpaired) electrons. The predicted molar refractivity (Wildman–Crippen MR) is 85.1 cm³/mol. The average Bonchev–Trinajstić information content (AvgIpc) is 2.38. The van der Waals surface area contributed by atoms with Crippen LogP contribution in [0.25, 0.3) is 0 Å². The van der Waals surface area contributed by atoms with E-state index in [2.05, 4.69) is 43.6 Å². The highest BCUT2D eigenvalue weighted by molar-refractivity contribution is 6.17. The Morgan fingerprint density at radius 1 is 1.26 bits per heavy atom. The summed E-state index contributed by atoms with van der Waals surface area (Å²) in [7, 11) is 0. The highest BCUT2D eigenvalue weighted by atomic mass is 35.5. The summed E-state index contributed by atoms with van der Waals surface area (Å²) in [6, 6.07) is 2.75. The monoisotopic (exact) mass is 282 g/mol. The minimum absolute atomic E-state index is 0.525. The lowest BCUT2D eigenvalue weighted by Gasteiger charge is -2.35. The summed E-state index contributed by atoms with van der Waals surface area (Å²) < 4.78 is 0. The summed E-state index contributed by atoms with van der Waals surface area (Å²) >= 11 is 6.09. The van der Waals surface area contributed by atoms with Crippen LogP contribution in [0.4, 0.5) is 5.69 Å². The van der Waals surface area contributed by atoms with Crippen molar-refractivity contribution in [2.75, 3.05) is 11.4 Å². The van der Waals surface area contributed by atoms with Gasteiger partial charge in [0.1, 0.15) is 0 Å². The van der Waals surface area contributed by atoms with Crippen LogP contribution in [0.1, 0.15) is 51.8 Å². The molecule has 0 bridgehead atoms. The fraction of sp³-hybridized carbons (Fsp3) is 0.688. The van der Waals surface area contributed by atoms with Crippen molar-refractivity contribution in [1.29, 1.82) is 0 Å². The molecular weight excluding hydrogens is 256 g/mol. The number of hydrogen-bond donors (Lipinski definition) is 0. The summed E-state index contributed by atoms with van der Waals surface area (Å²) in [6.45, 7) is 12.2. The first-order valence-electron chi connectivity index (χ1n) is 7.31. The van der Waals surface area contributed by atoms with Crippen molar-refractivity contribution in [3.63, 3.8) is 0 Å². The number of alkyl halides is 1. The second kappa shape index (κ2) is 7.74. The van der Waals surface area contributed by atoms with Gasteiger partial charge in [-0.3, -0.25) is 4.98 Å². The molecule has 0 aromatic carbocycles. The Hall–Kier alpha value is -0.760. The predicted octanol–water partition coefficient (Wildman–Crippen LogP) is 4.78. The lowest BCUT2D eigenvalue weighted by atomic mass is 10.0. The maximum Gasteiger partial charge on any atom is 0.0509 e. The molecule has 19 heavy (non-hydrogen) atoms. The van der Waals surface area contributed by atoms with Crippen LogP contribution in [0, 0.1) is 12.8 Å². The summed E-state index contributed by atoms with van der Waals surface area (Å²) in [5.74, 6) is 1.16. The molecular formula is C16H27ClN2. The van der Waals surface area contributed by atoms with Crippen molar-refractivity contribution in [1.82, 2.24) is 4.98 Å². The van der Waals surface area contributed by atoms with Crippen molar-refractivity contribution < 1.29 is 0 Å². The summed E-state index contributed by atoms with van der Waals surface area (Å²) in [5, 5.41) is 0. The van der Waals surface area contributed by atoms with E-state index in [4.69, 9.17) is 11.6 Å². The molecule has 0 N–H and O–H groups in total. The number of nitrogens with zero attached hydrogens (tertiary/aromatic N) is 2. The summed E-state index contributed by atoms with van der Waals surface area (Å²) in [5.41, 5.74) is 3.47. The smallest absolute Gasteiger partial charge is 0.0509 e. The molecule has 2 nitrogen and oxygen atoms in total. The third-order valence-electron chi connectivity index (χ3n) is 3.50. The van der Waals surface area contributed by atoms with E-state index in [9.17, 15) is 0 Å². The number of anilines is 1. The van der Waals surface area contributed by atoms with Crippen LogP contribution in [-0.4, -0.2) is 17.6 Å². The van der Waals surface area contributed by atoms with Gasteiger partial charge in [0, 0.05) is 35.7 Å². The number of pyridine rings is 1. The van der Waals surface area contributed by atoms with E-state index in [1.807, 2.05) is 13.1 Å². The van der Waals surface area contributed by atoms with Gasteiger partial charge >= 0.3 is 0 Å². The minimum Gasteiger partial charge on any atom is -0.368 e. The van der Waals surface area contributed by atoms with Gasteiger partial charge in [-0.15, -0.1) is 11.6 Å². The average molecular weight is 283 g/mol. The van der Waals surface area contributed by atoms with Crippen molar-refractivity contribution in [2.45, 2.75) is 59.4 Å². The zero-order chi connectivity index (χ0) is 14.4. The van der Waals surface area contributed by atoms with Gasteiger partial charge in [0.2, 0.25) is 0 Å². The van der Waals surface area contributed by atoms with Gasteiger partial charge in [0.15, 0.2) is 0 Å². The van der Waals surface area contributed by atoms with Gasteiger partial charge < -0.3 is 4.90 Å². The molecule has 1 aromatic heterocycles. The lowest BCUT2D eigenvalue weighted by molar-refractivity contribution is 0.506. The first-order valence-corrected chi connectivity index (χ1v) is 7.84. The highest BCUT2D eigenvalue weighted by Crippen LogP contribution is 2.27. The number of halogens is 1. The summed E-state index contributed by atoms with van der Waals surface area (Å²) in [6.07, 6.45) is 4.24. The lowest BCUT2D eigenvalue weighted by Crippen LogP contribution is -2.38. The van der Waals surface area contributed by atoms with Crippen LogP contribution in [0.15, 0.2) is 12.3 Å². The molecule has 0 aliphatic rings. The van der Waals surface area contributed by atoms with Gasteiger partial charge in [0.05, 0.1) is 5.88 Å². The molecule has 108 valence electrons. The molecule has 0 saturated carbocycles. The van der Waals surface area contributed by atoms with Crippen molar-refractivity contribution in [2.24, 2.45) is 5.92 Å². The molecule has 0 unspecified atom stereocenters. The van der Waals surface area contributed by atoms with E-state index in [-0.39, 0.29) is 0 Å². The molecule has 0 spiro atoms. The largest absolute Gasteiger partial charge is 0.368 e. The topological polar surface area (TPSA) is 16.1 Å². The number of aromatic nitrogens is 1. The number of rotatable bonds is 7. The standard InChI is InChI=1S/C16H27ClN2/c1-6-15(7-2)19(11-12(3)4)16-8-13(5)18-10-14(16)9-17/h8,10,12,15H,6-7,9,11H2,1-5H3. The Balaban J connectivity index is 3.18. The Morgan fingerprint density at radius 3 is 2.37 bits per heavy atom. The Labute approximate surface area is 123 Å². The van der Waals surface area contributed by atoms with Gasteiger partial charge in [0.25, 0.3) is 0 Å². The van der Waals surface area contributed by atoms with E-state index in [1.54, 1.807) is 0 Å². The summed E-state index contributed by atoms with van der Waals surface area (Å²) in [4.78, 5) is 6.90. The zero-order valence-electron chi connectivity index (χ0n) is 12.9. The number of aryl methyl sites for hydroxylation is 1. The molecule has 1 rings (SSSR count). The third-order valence-corrected chi connectivity index (χ3v) is 3.79. The van der Waals surface area contributed by atoms with Crippen LogP contribution < -0.4 is 4.90 Å². The molecule has 0 atom stereocenters. The van der Waals surface area contributed by atoms with Crippen LogP contribution in [0.5, 0.6) is 0 Å². The molecule has 1 aromatic rings. The quantitative estimate of drug-likeness (QED) is 0.669. The van der Waals surface area contributed by atoms with Gasteiger partial charge in [-0.05, 0) is 31.7 Å². The molecule has 1 heterocycles. The molecule has 0 saturated heterocycles. The zero-order valence-corrected chi connectivity index (χ0v) is 13.7. The Bertz CT molecular complexity index is 386. The molecule has 3 heteroatoms. The van der Waals surface area contributed by atoms with Crippen LogP contribution in [-0.2, 0) is 5.88 Å². The van der Waals surface area contributed by atoms with E-state index >= 15 is 0 Å². The second-order valence-electron chi connectivity index (χ2n) is 5.60. The second-order valence-corrected chi connectivity index (χ2v) is 5.87. The maximum absolute atomic E-state index is 6.09. The molecule has 0 aliphatic carbocycles. The first-order chi connectivity index (χ1) is 9.03. The SMILES string of the molecule is CCC(CC)N(CC(C)C)c1cc(C)ncc1CCl. The fourth-order valence-electron chi connectivity index (χ4n) is 2.51. The van der Waals surface area contributed by atoms with E-state index < -0.39 is 0 Å². The Morgan fingerprint density at radius 2 is 1.89 bits per heavy atom. The third kappa shape index (κ3) is 4.38. The van der Waals surface area contributed by atoms with Crippen molar-refractivity contribution in [3.8, 4) is 0 Å². The van der Waals surface area contributed by atoms with Gasteiger partial charge in [-0.2, -0.15) is 0 Å². The minimum atomic E-state index is 0.525. The van der Waals surface area contributed by atoms with Crippen LogP contribution in [0.3, 0.4) is 0 Å². The van der Waals surface area contributed by atoms with Crippen molar-refractivity contribution >= 4 is 17.3 Å². The van der Waals surface area contributed by atoms with Gasteiger partial charge in [-0.25, -0.2) is 0 Å². The highest BCUT2D eigenvalue weighted by Gasteiger charge is 2.19. The molecule has 0 aliphatic heterocycles. The van der Waals surface area contributed by atoms with Gasteiger partial charge in [-0.1, -0.05) is 27.7 Å². The fourth-order valence-corrected chi connectivity index (χ4v) is 2.72. The Kier molecular flexibility index (Phi) is 6.64. The normalized spacial score (nSPS) is 11.4. The van der Waals surface area contributed by atoms with Crippen LogP contribution in [0.2, 0.25) is 0 Å². The molecule has 0 fully saturated rings. The van der Waals surface area contributed by atoms with Crippen molar-refractivity contribution in [3.05, 3.63) is 23.5 Å². The first kappa shape index (κ1) is 16.3. The van der Waals surface area contributed by atoms with E-state index in [0.717, 1.165) is 30.6 Å².